The Morgan fingerprint density at radius 2 is 1.94 bits per heavy atom. The summed E-state index contributed by atoms with van der Waals surface area (Å²) in [5, 5.41) is 5.54. The Morgan fingerprint density at radius 3 is 2.62 bits per heavy atom. The van der Waals surface area contributed by atoms with Crippen molar-refractivity contribution in [3.8, 4) is 0 Å². The van der Waals surface area contributed by atoms with Gasteiger partial charge in [-0.2, -0.15) is 4.31 Å². The van der Waals surface area contributed by atoms with Crippen LogP contribution in [0.3, 0.4) is 0 Å². The third-order valence-electron chi connectivity index (χ3n) is 7.26. The molecule has 1 spiro atoms. The summed E-state index contributed by atoms with van der Waals surface area (Å²) in [7, 11) is -3.76. The smallest absolute Gasteiger partial charge is 0.325 e. The van der Waals surface area contributed by atoms with Crippen molar-refractivity contribution in [3.63, 3.8) is 0 Å². The van der Waals surface area contributed by atoms with Gasteiger partial charge in [-0.15, -0.1) is 0 Å². The Balaban J connectivity index is 1.52. The highest BCUT2D eigenvalue weighted by molar-refractivity contribution is 7.89. The molecule has 2 aliphatic heterocycles. The van der Waals surface area contributed by atoms with Crippen molar-refractivity contribution in [3.05, 3.63) is 23.8 Å². The second-order valence-corrected chi connectivity index (χ2v) is 11.3. The van der Waals surface area contributed by atoms with E-state index in [0.717, 1.165) is 24.2 Å². The summed E-state index contributed by atoms with van der Waals surface area (Å²) in [6, 6.07) is 3.03. The highest BCUT2D eigenvalue weighted by Gasteiger charge is 2.56. The molecular weight excluding hydrogens is 460 g/mol. The number of sulfonamides is 1. The monoisotopic (exact) mass is 492 g/mol. The number of imide groups is 1. The van der Waals surface area contributed by atoms with Gasteiger partial charge in [0.1, 0.15) is 11.6 Å². The van der Waals surface area contributed by atoms with Gasteiger partial charge in [0, 0.05) is 18.8 Å². The predicted octanol–water partition coefficient (Wildman–Crippen LogP) is 1.84. The van der Waals surface area contributed by atoms with E-state index in [1.165, 1.54) is 17.3 Å². The fourth-order valence-electron chi connectivity index (χ4n) is 5.06. The molecule has 3 fully saturated rings. The molecule has 2 heterocycles. The average Bonchev–Trinajstić information content (AvgIpc) is 3.06. The molecule has 2 N–H and O–H groups in total. The van der Waals surface area contributed by atoms with E-state index in [0.29, 0.717) is 25.2 Å². The summed E-state index contributed by atoms with van der Waals surface area (Å²) in [6.07, 6.45) is 3.24. The number of rotatable bonds is 5. The van der Waals surface area contributed by atoms with Crippen LogP contribution in [0.5, 0.6) is 0 Å². The highest BCUT2D eigenvalue weighted by Crippen LogP contribution is 2.39. The molecule has 4 amide bonds. The first-order chi connectivity index (χ1) is 16.1. The largest absolute Gasteiger partial charge is 0.379 e. The Hall–Kier alpha value is -2.50. The van der Waals surface area contributed by atoms with E-state index in [9.17, 15) is 22.8 Å². The number of urea groups is 1. The van der Waals surface area contributed by atoms with E-state index in [2.05, 4.69) is 10.6 Å². The summed E-state index contributed by atoms with van der Waals surface area (Å²) in [5.41, 5.74) is -0.116. The summed E-state index contributed by atoms with van der Waals surface area (Å²) >= 11 is 0. The summed E-state index contributed by atoms with van der Waals surface area (Å²) in [4.78, 5) is 40.1. The molecule has 11 heteroatoms. The van der Waals surface area contributed by atoms with E-state index in [-0.39, 0.29) is 35.5 Å². The van der Waals surface area contributed by atoms with Crippen LogP contribution in [0.4, 0.5) is 10.5 Å². The van der Waals surface area contributed by atoms with Crippen LogP contribution in [-0.4, -0.2) is 73.4 Å². The molecule has 1 aliphatic carbocycles. The first-order valence-corrected chi connectivity index (χ1v) is 13.2. The number of hydrogen-bond acceptors (Lipinski definition) is 6. The fourth-order valence-corrected chi connectivity index (χ4v) is 6.72. The minimum absolute atomic E-state index is 0.0111. The van der Waals surface area contributed by atoms with Gasteiger partial charge in [-0.25, -0.2) is 18.1 Å². The van der Waals surface area contributed by atoms with Crippen molar-refractivity contribution in [2.75, 3.05) is 31.6 Å². The number of amides is 4. The molecular formula is C23H32N4O6S. The Bertz CT molecular complexity index is 1100. The van der Waals surface area contributed by atoms with Crippen molar-refractivity contribution in [1.29, 1.82) is 0 Å². The zero-order valence-corrected chi connectivity index (χ0v) is 20.6. The van der Waals surface area contributed by atoms with Gasteiger partial charge in [0.2, 0.25) is 15.9 Å². The predicted molar refractivity (Wildman–Crippen MR) is 125 cm³/mol. The molecule has 4 rings (SSSR count). The maximum Gasteiger partial charge on any atom is 0.325 e. The Morgan fingerprint density at radius 1 is 1.24 bits per heavy atom. The average molecular weight is 493 g/mol. The van der Waals surface area contributed by atoms with E-state index in [1.54, 1.807) is 19.1 Å². The van der Waals surface area contributed by atoms with Gasteiger partial charge in [-0.3, -0.25) is 9.59 Å². The van der Waals surface area contributed by atoms with Crippen LogP contribution in [0, 0.1) is 12.8 Å². The fraction of sp³-hybridized carbons (Fsp3) is 0.609. The molecule has 34 heavy (non-hydrogen) atoms. The molecule has 0 radical (unpaired) electrons. The zero-order chi connectivity index (χ0) is 24.7. The second kappa shape index (κ2) is 9.27. The van der Waals surface area contributed by atoms with Crippen LogP contribution in [-0.2, 0) is 24.3 Å². The topological polar surface area (TPSA) is 125 Å². The van der Waals surface area contributed by atoms with Gasteiger partial charge < -0.3 is 15.4 Å². The van der Waals surface area contributed by atoms with Gasteiger partial charge in [-0.1, -0.05) is 25.8 Å². The number of hydrogen-bond donors (Lipinski definition) is 2. The molecule has 3 atom stereocenters. The molecule has 1 saturated carbocycles. The van der Waals surface area contributed by atoms with Gasteiger partial charge in [-0.05, 0) is 50.3 Å². The van der Waals surface area contributed by atoms with Gasteiger partial charge in [0.05, 0.1) is 18.1 Å². The quantitative estimate of drug-likeness (QED) is 0.605. The molecule has 3 aliphatic rings. The van der Waals surface area contributed by atoms with Crippen molar-refractivity contribution < 1.29 is 27.5 Å². The van der Waals surface area contributed by atoms with Crippen molar-refractivity contribution in [2.45, 2.75) is 62.9 Å². The number of ether oxygens (including phenoxy) is 1. The minimum atomic E-state index is -3.76. The molecule has 0 aromatic heterocycles. The lowest BCUT2D eigenvalue weighted by atomic mass is 9.73. The molecule has 1 aromatic carbocycles. The number of anilines is 1. The lowest BCUT2D eigenvalue weighted by Gasteiger charge is -2.37. The number of carbonyl (C=O) groups excluding carboxylic acids is 3. The molecule has 0 unspecified atom stereocenters. The molecule has 2 saturated heterocycles. The minimum Gasteiger partial charge on any atom is -0.379 e. The van der Waals surface area contributed by atoms with Crippen LogP contribution in [0.25, 0.3) is 0 Å². The van der Waals surface area contributed by atoms with Crippen LogP contribution in [0.2, 0.25) is 0 Å². The van der Waals surface area contributed by atoms with E-state index < -0.39 is 33.5 Å². The van der Waals surface area contributed by atoms with Gasteiger partial charge in [0.25, 0.3) is 5.91 Å². The van der Waals surface area contributed by atoms with E-state index in [4.69, 9.17) is 4.74 Å². The van der Waals surface area contributed by atoms with Crippen LogP contribution in [0.15, 0.2) is 23.1 Å². The molecule has 1 aromatic rings. The van der Waals surface area contributed by atoms with Gasteiger partial charge >= 0.3 is 6.03 Å². The number of morpholine rings is 1. The van der Waals surface area contributed by atoms with E-state index in [1.807, 2.05) is 6.92 Å². The second-order valence-electron chi connectivity index (χ2n) is 9.39. The van der Waals surface area contributed by atoms with Gasteiger partial charge in [0.15, 0.2) is 0 Å². The summed E-state index contributed by atoms with van der Waals surface area (Å²) in [5.74, 6) is -0.947. The molecule has 10 nitrogen and oxygen atoms in total. The standard InChI is InChI=1S/C23H32N4O6S/c1-15-7-8-18(14-19(15)34(31,32)26-10-12-33-13-11-26)24-20(28)17(3)27-21(29)23(25-22(27)30)9-5-4-6-16(23)2/h7-8,14,16-17H,4-6,9-13H2,1-3H3,(H,24,28)(H,25,30)/t16-,17-,23-/m0/s1. The third kappa shape index (κ3) is 4.20. The number of carbonyl (C=O) groups is 3. The number of nitrogens with one attached hydrogen (secondary N) is 2. The maximum atomic E-state index is 13.3. The first-order valence-electron chi connectivity index (χ1n) is 11.7. The first kappa shape index (κ1) is 24.6. The lowest BCUT2D eigenvalue weighted by molar-refractivity contribution is -0.138. The van der Waals surface area contributed by atoms with Crippen molar-refractivity contribution >= 4 is 33.6 Å². The third-order valence-corrected chi connectivity index (χ3v) is 9.30. The maximum absolute atomic E-state index is 13.3. The Labute approximate surface area is 200 Å². The summed E-state index contributed by atoms with van der Waals surface area (Å²) in [6.45, 7) is 6.34. The number of nitrogens with zero attached hydrogens (tertiary/aromatic N) is 2. The van der Waals surface area contributed by atoms with Crippen molar-refractivity contribution in [1.82, 2.24) is 14.5 Å². The highest BCUT2D eigenvalue weighted by atomic mass is 32.2. The normalized spacial score (nSPS) is 27.0. The zero-order valence-electron chi connectivity index (χ0n) is 19.8. The van der Waals surface area contributed by atoms with Crippen LogP contribution < -0.4 is 10.6 Å². The SMILES string of the molecule is Cc1ccc(NC(=O)[C@H](C)N2C(=O)N[C@]3(CCCC[C@@H]3C)C2=O)cc1S(=O)(=O)N1CCOCC1. The van der Waals surface area contributed by atoms with E-state index >= 15 is 0 Å². The molecule has 186 valence electrons. The Kier molecular flexibility index (Phi) is 6.71. The lowest BCUT2D eigenvalue weighted by Crippen LogP contribution is -2.54. The van der Waals surface area contributed by atoms with Crippen LogP contribution >= 0.6 is 0 Å². The molecule has 0 bridgehead atoms. The van der Waals surface area contributed by atoms with Crippen LogP contribution in [0.1, 0.15) is 45.1 Å². The summed E-state index contributed by atoms with van der Waals surface area (Å²) < 4.78 is 32.9. The number of benzene rings is 1. The number of aryl methyl sites for hydroxylation is 1. The van der Waals surface area contributed by atoms with Crippen molar-refractivity contribution in [2.24, 2.45) is 5.92 Å².